The number of anilines is 1. The standard InChI is InChI=1S/C17H12FN3O3S/c1-23-15-4-8-10(6-12(15)22)20-3-2-13(8)24-14-7-16-11(5-9(14)18)21-17(19)25-16/h2-7,22H,1H3,(H2,19,21). The van der Waals surface area contributed by atoms with Crippen molar-refractivity contribution in [3.8, 4) is 23.0 Å². The molecule has 0 unspecified atom stereocenters. The Hall–Kier alpha value is -3.13. The molecule has 0 spiro atoms. The lowest BCUT2D eigenvalue weighted by molar-refractivity contribution is 0.374. The van der Waals surface area contributed by atoms with E-state index in [4.69, 9.17) is 15.2 Å². The molecular weight excluding hydrogens is 345 g/mol. The summed E-state index contributed by atoms with van der Waals surface area (Å²) in [5.74, 6) is 0.132. The molecule has 126 valence electrons. The van der Waals surface area contributed by atoms with E-state index < -0.39 is 5.82 Å². The molecule has 0 fully saturated rings. The highest BCUT2D eigenvalue weighted by Gasteiger charge is 2.14. The number of thiazole rings is 1. The van der Waals surface area contributed by atoms with Crippen LogP contribution in [0.5, 0.6) is 23.0 Å². The molecule has 0 saturated carbocycles. The Balaban J connectivity index is 1.84. The number of benzene rings is 2. The van der Waals surface area contributed by atoms with Crippen molar-refractivity contribution in [2.45, 2.75) is 0 Å². The number of phenols is 1. The number of nitrogens with zero attached hydrogens (tertiary/aromatic N) is 2. The number of halogens is 1. The number of phenolic OH excluding ortho intramolecular Hbond substituents is 1. The maximum absolute atomic E-state index is 14.3. The van der Waals surface area contributed by atoms with E-state index in [-0.39, 0.29) is 17.2 Å². The quantitative estimate of drug-likeness (QED) is 0.574. The zero-order chi connectivity index (χ0) is 17.6. The van der Waals surface area contributed by atoms with Gasteiger partial charge in [0.2, 0.25) is 0 Å². The summed E-state index contributed by atoms with van der Waals surface area (Å²) in [6, 6.07) is 7.51. The molecule has 3 N–H and O–H groups in total. The summed E-state index contributed by atoms with van der Waals surface area (Å²) in [4.78, 5) is 8.23. The Morgan fingerprint density at radius 3 is 2.76 bits per heavy atom. The third-order valence-electron chi connectivity index (χ3n) is 3.68. The highest BCUT2D eigenvalue weighted by atomic mass is 32.1. The van der Waals surface area contributed by atoms with Gasteiger partial charge in [-0.2, -0.15) is 0 Å². The molecule has 4 rings (SSSR count). The Kier molecular flexibility index (Phi) is 3.54. The minimum absolute atomic E-state index is 0.0348. The van der Waals surface area contributed by atoms with Crippen LogP contribution in [0.1, 0.15) is 0 Å². The van der Waals surface area contributed by atoms with E-state index in [1.807, 2.05) is 0 Å². The van der Waals surface area contributed by atoms with Crippen molar-refractivity contribution in [3.63, 3.8) is 0 Å². The third kappa shape index (κ3) is 2.66. The molecule has 0 aliphatic carbocycles. The van der Waals surface area contributed by atoms with Gasteiger partial charge in [0.15, 0.2) is 28.2 Å². The number of aromatic nitrogens is 2. The minimum atomic E-state index is -0.548. The van der Waals surface area contributed by atoms with Crippen molar-refractivity contribution in [1.29, 1.82) is 0 Å². The average molecular weight is 357 g/mol. The fourth-order valence-electron chi connectivity index (χ4n) is 2.53. The molecular formula is C17H12FN3O3S. The third-order valence-corrected chi connectivity index (χ3v) is 4.53. The van der Waals surface area contributed by atoms with Gasteiger partial charge in [-0.1, -0.05) is 11.3 Å². The van der Waals surface area contributed by atoms with Gasteiger partial charge >= 0.3 is 0 Å². The molecule has 8 heteroatoms. The van der Waals surface area contributed by atoms with Crippen LogP contribution >= 0.6 is 11.3 Å². The first-order valence-corrected chi connectivity index (χ1v) is 8.06. The first-order chi connectivity index (χ1) is 12.0. The van der Waals surface area contributed by atoms with E-state index in [1.54, 1.807) is 18.2 Å². The molecule has 0 aliphatic heterocycles. The number of hydrogen-bond donors (Lipinski definition) is 2. The second-order valence-electron chi connectivity index (χ2n) is 5.25. The average Bonchev–Trinajstić information content (AvgIpc) is 2.93. The first-order valence-electron chi connectivity index (χ1n) is 7.24. The molecule has 0 atom stereocenters. The number of nitrogens with two attached hydrogens (primary N) is 1. The number of methoxy groups -OCH3 is 1. The molecule has 0 amide bonds. The van der Waals surface area contributed by atoms with Crippen LogP contribution in [0, 0.1) is 5.82 Å². The Bertz CT molecular complexity index is 1110. The molecule has 25 heavy (non-hydrogen) atoms. The first kappa shape index (κ1) is 15.4. The Labute approximate surface area is 145 Å². The van der Waals surface area contributed by atoms with Gasteiger partial charge in [-0.25, -0.2) is 9.37 Å². The predicted molar refractivity (Wildman–Crippen MR) is 94.0 cm³/mol. The number of fused-ring (bicyclic) bond motifs is 2. The van der Waals surface area contributed by atoms with Gasteiger partial charge in [-0.05, 0) is 12.1 Å². The maximum Gasteiger partial charge on any atom is 0.181 e. The molecule has 2 aromatic heterocycles. The fraction of sp³-hybridized carbons (Fsp3) is 0.0588. The van der Waals surface area contributed by atoms with Crippen molar-refractivity contribution < 1.29 is 19.0 Å². The van der Waals surface area contributed by atoms with Crippen molar-refractivity contribution in [2.24, 2.45) is 0 Å². The van der Waals surface area contributed by atoms with E-state index in [9.17, 15) is 9.50 Å². The zero-order valence-corrected chi connectivity index (χ0v) is 13.8. The van der Waals surface area contributed by atoms with Gasteiger partial charge in [0.05, 0.1) is 22.8 Å². The Morgan fingerprint density at radius 1 is 1.12 bits per heavy atom. The van der Waals surface area contributed by atoms with E-state index in [0.717, 1.165) is 4.70 Å². The van der Waals surface area contributed by atoms with Gasteiger partial charge in [-0.3, -0.25) is 4.98 Å². The number of nitrogen functional groups attached to an aromatic ring is 1. The summed E-state index contributed by atoms with van der Waals surface area (Å²) in [5.41, 5.74) is 6.65. The van der Waals surface area contributed by atoms with Gasteiger partial charge in [0.1, 0.15) is 5.75 Å². The van der Waals surface area contributed by atoms with Gasteiger partial charge in [0, 0.05) is 29.8 Å². The Morgan fingerprint density at radius 2 is 1.96 bits per heavy atom. The molecule has 0 saturated heterocycles. The molecule has 6 nitrogen and oxygen atoms in total. The second-order valence-corrected chi connectivity index (χ2v) is 6.32. The summed E-state index contributed by atoms with van der Waals surface area (Å²) in [6.07, 6.45) is 1.52. The van der Waals surface area contributed by atoms with E-state index >= 15 is 0 Å². The number of hydrogen-bond acceptors (Lipinski definition) is 7. The summed E-state index contributed by atoms with van der Waals surface area (Å²) in [7, 11) is 1.44. The van der Waals surface area contributed by atoms with Crippen LogP contribution in [0.3, 0.4) is 0 Å². The highest BCUT2D eigenvalue weighted by molar-refractivity contribution is 7.22. The number of rotatable bonds is 3. The maximum atomic E-state index is 14.3. The van der Waals surface area contributed by atoms with Crippen molar-refractivity contribution >= 4 is 37.6 Å². The van der Waals surface area contributed by atoms with Gasteiger partial charge in [0.25, 0.3) is 0 Å². The second kappa shape index (κ2) is 5.75. The van der Waals surface area contributed by atoms with Crippen LogP contribution < -0.4 is 15.2 Å². The topological polar surface area (TPSA) is 90.5 Å². The number of aromatic hydroxyl groups is 1. The molecule has 4 aromatic rings. The lowest BCUT2D eigenvalue weighted by Crippen LogP contribution is -1.92. The highest BCUT2D eigenvalue weighted by Crippen LogP contribution is 2.38. The SMILES string of the molecule is COc1cc2c(Oc3cc4sc(N)nc4cc3F)ccnc2cc1O. The van der Waals surface area contributed by atoms with Crippen LogP contribution in [0.2, 0.25) is 0 Å². The summed E-state index contributed by atoms with van der Waals surface area (Å²) in [6.45, 7) is 0. The lowest BCUT2D eigenvalue weighted by atomic mass is 10.2. The normalized spacial score (nSPS) is 11.1. The smallest absolute Gasteiger partial charge is 0.181 e. The van der Waals surface area contributed by atoms with E-state index in [1.165, 1.54) is 36.8 Å². The zero-order valence-electron chi connectivity index (χ0n) is 13.0. The largest absolute Gasteiger partial charge is 0.504 e. The molecule has 0 aliphatic rings. The van der Waals surface area contributed by atoms with Crippen LogP contribution in [-0.2, 0) is 0 Å². The van der Waals surface area contributed by atoms with Crippen molar-refractivity contribution in [2.75, 3.05) is 12.8 Å². The van der Waals surface area contributed by atoms with Gasteiger partial charge in [-0.15, -0.1) is 0 Å². The summed E-state index contributed by atoms with van der Waals surface area (Å²) >= 11 is 1.25. The number of ether oxygens (including phenoxy) is 2. The number of pyridine rings is 1. The summed E-state index contributed by atoms with van der Waals surface area (Å²) in [5, 5.41) is 10.8. The van der Waals surface area contributed by atoms with Crippen LogP contribution in [0.15, 0.2) is 36.5 Å². The molecule has 0 bridgehead atoms. The van der Waals surface area contributed by atoms with E-state index in [2.05, 4.69) is 9.97 Å². The van der Waals surface area contributed by atoms with Crippen molar-refractivity contribution in [3.05, 3.63) is 42.3 Å². The monoisotopic (exact) mass is 357 g/mol. The molecule has 0 radical (unpaired) electrons. The predicted octanol–water partition coefficient (Wildman–Crippen LogP) is 4.07. The molecule has 2 heterocycles. The minimum Gasteiger partial charge on any atom is -0.504 e. The van der Waals surface area contributed by atoms with Crippen LogP contribution in [0.4, 0.5) is 9.52 Å². The van der Waals surface area contributed by atoms with Gasteiger partial charge < -0.3 is 20.3 Å². The van der Waals surface area contributed by atoms with Crippen molar-refractivity contribution in [1.82, 2.24) is 9.97 Å². The van der Waals surface area contributed by atoms with Crippen LogP contribution in [0.25, 0.3) is 21.1 Å². The summed E-state index contributed by atoms with van der Waals surface area (Å²) < 4.78 is 25.9. The van der Waals surface area contributed by atoms with E-state index in [0.29, 0.717) is 27.3 Å². The molecule has 2 aromatic carbocycles. The lowest BCUT2D eigenvalue weighted by Gasteiger charge is -2.11. The van der Waals surface area contributed by atoms with Crippen LogP contribution in [-0.4, -0.2) is 22.2 Å². The fourth-order valence-corrected chi connectivity index (χ4v) is 3.28.